The molecule has 0 saturated carbocycles. The Morgan fingerprint density at radius 2 is 1.68 bits per heavy atom. The first-order valence-corrected chi connectivity index (χ1v) is 10.5. The lowest BCUT2D eigenvalue weighted by Gasteiger charge is -2.23. The third-order valence-corrected chi connectivity index (χ3v) is 6.23. The normalized spacial score (nSPS) is 19.0. The van der Waals surface area contributed by atoms with Crippen LogP contribution in [0.15, 0.2) is 54.6 Å². The Balaban J connectivity index is 1.53. The van der Waals surface area contributed by atoms with E-state index in [9.17, 15) is 4.79 Å². The lowest BCUT2D eigenvalue weighted by molar-refractivity contribution is -0.137. The molecule has 0 radical (unpaired) electrons. The van der Waals surface area contributed by atoms with Gasteiger partial charge in [0.2, 0.25) is 0 Å². The minimum absolute atomic E-state index is 0.281. The van der Waals surface area contributed by atoms with E-state index in [-0.39, 0.29) is 6.42 Å². The molecule has 2 aromatic carbocycles. The second-order valence-corrected chi connectivity index (χ2v) is 7.99. The van der Waals surface area contributed by atoms with Crippen molar-refractivity contribution >= 4 is 11.5 Å². The molecule has 0 aromatic heterocycles. The summed E-state index contributed by atoms with van der Waals surface area (Å²) < 4.78 is 0. The SMILES string of the molecule is O=C(O)CCC1CCCN1CCC=C1c2ccccc2CCc2ccccc21. The molecule has 1 unspecified atom stereocenters. The van der Waals surface area contributed by atoms with Gasteiger partial charge in [0.1, 0.15) is 0 Å². The van der Waals surface area contributed by atoms with Crippen LogP contribution in [0.2, 0.25) is 0 Å². The van der Waals surface area contributed by atoms with Gasteiger partial charge in [-0.1, -0.05) is 54.6 Å². The maximum Gasteiger partial charge on any atom is 0.303 e. The fraction of sp³-hybridized carbons (Fsp3) is 0.400. The molecule has 1 aliphatic heterocycles. The van der Waals surface area contributed by atoms with E-state index < -0.39 is 5.97 Å². The summed E-state index contributed by atoms with van der Waals surface area (Å²) in [4.78, 5) is 13.4. The standard InChI is InChI=1S/C25H29NO2/c27-25(28)16-15-21-9-5-17-26(21)18-6-12-24-22-10-3-1-7-19(22)13-14-20-8-2-4-11-23(20)24/h1-4,7-8,10-12,21H,5-6,9,13-18H2,(H,27,28). The summed E-state index contributed by atoms with van der Waals surface area (Å²) in [7, 11) is 0. The number of aliphatic carboxylic acids is 1. The van der Waals surface area contributed by atoms with Gasteiger partial charge in [-0.2, -0.15) is 0 Å². The minimum atomic E-state index is -0.680. The van der Waals surface area contributed by atoms with Crippen LogP contribution in [0.5, 0.6) is 0 Å². The number of hydrogen-bond acceptors (Lipinski definition) is 2. The van der Waals surface area contributed by atoms with Crippen molar-refractivity contribution in [2.24, 2.45) is 0 Å². The Kier molecular flexibility index (Phi) is 5.92. The van der Waals surface area contributed by atoms with Crippen molar-refractivity contribution < 1.29 is 9.90 Å². The fourth-order valence-electron chi connectivity index (χ4n) is 4.82. The van der Waals surface area contributed by atoms with E-state index in [4.69, 9.17) is 5.11 Å². The van der Waals surface area contributed by atoms with Gasteiger partial charge >= 0.3 is 5.97 Å². The quantitative estimate of drug-likeness (QED) is 0.778. The summed E-state index contributed by atoms with van der Waals surface area (Å²) in [6, 6.07) is 18.0. The number of benzene rings is 2. The molecule has 2 aliphatic rings. The molecule has 1 N–H and O–H groups in total. The zero-order valence-electron chi connectivity index (χ0n) is 16.4. The number of nitrogens with zero attached hydrogens (tertiary/aromatic N) is 1. The van der Waals surface area contributed by atoms with Gasteiger partial charge in [-0.25, -0.2) is 0 Å². The summed E-state index contributed by atoms with van der Waals surface area (Å²) in [6.07, 6.45) is 8.97. The van der Waals surface area contributed by atoms with Crippen molar-refractivity contribution in [2.75, 3.05) is 13.1 Å². The zero-order chi connectivity index (χ0) is 19.3. The highest BCUT2D eigenvalue weighted by molar-refractivity contribution is 5.83. The maximum atomic E-state index is 10.9. The third kappa shape index (κ3) is 4.20. The van der Waals surface area contributed by atoms with Crippen molar-refractivity contribution in [2.45, 2.75) is 51.0 Å². The van der Waals surface area contributed by atoms with Crippen LogP contribution in [0.25, 0.3) is 5.57 Å². The smallest absolute Gasteiger partial charge is 0.303 e. The summed E-state index contributed by atoms with van der Waals surface area (Å²) in [5.74, 6) is -0.680. The molecule has 4 rings (SSSR count). The molecular formula is C25H29NO2. The first-order valence-electron chi connectivity index (χ1n) is 10.5. The van der Waals surface area contributed by atoms with Crippen LogP contribution in [0.1, 0.15) is 54.4 Å². The third-order valence-electron chi connectivity index (χ3n) is 6.23. The molecule has 1 atom stereocenters. The molecule has 1 aliphatic carbocycles. The fourth-order valence-corrected chi connectivity index (χ4v) is 4.82. The number of rotatable bonds is 6. The molecule has 0 amide bonds. The first kappa shape index (κ1) is 18.9. The van der Waals surface area contributed by atoms with Gasteiger partial charge in [0.15, 0.2) is 0 Å². The molecule has 1 heterocycles. The summed E-state index contributed by atoms with van der Waals surface area (Å²) in [5.41, 5.74) is 6.98. The number of fused-ring (bicyclic) bond motifs is 2. The molecule has 28 heavy (non-hydrogen) atoms. The van der Waals surface area contributed by atoms with Crippen LogP contribution in [0.3, 0.4) is 0 Å². The molecule has 1 saturated heterocycles. The molecule has 0 spiro atoms. The van der Waals surface area contributed by atoms with E-state index in [2.05, 4.69) is 59.5 Å². The van der Waals surface area contributed by atoms with Crippen molar-refractivity contribution in [1.82, 2.24) is 4.90 Å². The highest BCUT2D eigenvalue weighted by Crippen LogP contribution is 2.34. The molecular weight excluding hydrogens is 346 g/mol. The summed E-state index contributed by atoms with van der Waals surface area (Å²) >= 11 is 0. The Labute approximate surface area is 167 Å². The monoisotopic (exact) mass is 375 g/mol. The van der Waals surface area contributed by atoms with Gasteiger partial charge in [0.25, 0.3) is 0 Å². The number of aryl methyl sites for hydroxylation is 2. The molecule has 1 fully saturated rings. The number of likely N-dealkylation sites (tertiary alicyclic amines) is 1. The van der Waals surface area contributed by atoms with Crippen molar-refractivity contribution in [1.29, 1.82) is 0 Å². The zero-order valence-corrected chi connectivity index (χ0v) is 16.4. The largest absolute Gasteiger partial charge is 0.481 e. The lowest BCUT2D eigenvalue weighted by Crippen LogP contribution is -2.30. The molecule has 146 valence electrons. The van der Waals surface area contributed by atoms with Crippen LogP contribution in [-0.4, -0.2) is 35.1 Å². The number of carboxylic acid groups (broad SMARTS) is 1. The Morgan fingerprint density at radius 3 is 2.32 bits per heavy atom. The van der Waals surface area contributed by atoms with Crippen LogP contribution in [0, 0.1) is 0 Å². The van der Waals surface area contributed by atoms with Crippen LogP contribution < -0.4 is 0 Å². The second kappa shape index (κ2) is 8.74. The van der Waals surface area contributed by atoms with Crippen molar-refractivity contribution in [3.05, 3.63) is 76.9 Å². The van der Waals surface area contributed by atoms with Gasteiger partial charge in [-0.3, -0.25) is 4.79 Å². The molecule has 3 nitrogen and oxygen atoms in total. The molecule has 2 aromatic rings. The van der Waals surface area contributed by atoms with E-state index in [1.54, 1.807) is 0 Å². The number of carbonyl (C=O) groups is 1. The second-order valence-electron chi connectivity index (χ2n) is 7.99. The topological polar surface area (TPSA) is 40.5 Å². The van der Waals surface area contributed by atoms with Gasteiger partial charge in [-0.05, 0) is 72.9 Å². The van der Waals surface area contributed by atoms with Crippen molar-refractivity contribution in [3.8, 4) is 0 Å². The Hall–Kier alpha value is -2.39. The number of hydrogen-bond donors (Lipinski definition) is 1. The van der Waals surface area contributed by atoms with Gasteiger partial charge in [-0.15, -0.1) is 0 Å². The first-order chi connectivity index (χ1) is 13.7. The lowest BCUT2D eigenvalue weighted by atomic mass is 9.93. The van der Waals surface area contributed by atoms with Crippen LogP contribution >= 0.6 is 0 Å². The summed E-state index contributed by atoms with van der Waals surface area (Å²) in [6.45, 7) is 2.11. The van der Waals surface area contributed by atoms with E-state index in [0.29, 0.717) is 6.04 Å². The van der Waals surface area contributed by atoms with Crippen molar-refractivity contribution in [3.63, 3.8) is 0 Å². The molecule has 3 heteroatoms. The Bertz CT molecular complexity index is 821. The Morgan fingerprint density at radius 1 is 1.04 bits per heavy atom. The van der Waals surface area contributed by atoms with Crippen LogP contribution in [0.4, 0.5) is 0 Å². The average Bonchev–Trinajstić information content (AvgIpc) is 3.09. The molecule has 0 bridgehead atoms. The highest BCUT2D eigenvalue weighted by Gasteiger charge is 2.24. The number of carboxylic acids is 1. The van der Waals surface area contributed by atoms with Gasteiger partial charge in [0, 0.05) is 19.0 Å². The van der Waals surface area contributed by atoms with Crippen LogP contribution in [-0.2, 0) is 17.6 Å². The van der Waals surface area contributed by atoms with Gasteiger partial charge < -0.3 is 10.0 Å². The van der Waals surface area contributed by atoms with E-state index in [1.807, 2.05) is 0 Å². The predicted molar refractivity (Wildman–Crippen MR) is 113 cm³/mol. The average molecular weight is 376 g/mol. The predicted octanol–water partition coefficient (Wildman–Crippen LogP) is 4.94. The maximum absolute atomic E-state index is 10.9. The summed E-state index contributed by atoms with van der Waals surface area (Å²) in [5, 5.41) is 8.99. The highest BCUT2D eigenvalue weighted by atomic mass is 16.4. The van der Waals surface area contributed by atoms with Gasteiger partial charge in [0.05, 0.1) is 0 Å². The van der Waals surface area contributed by atoms with E-state index in [0.717, 1.165) is 45.2 Å². The van der Waals surface area contributed by atoms with E-state index >= 15 is 0 Å². The van der Waals surface area contributed by atoms with E-state index in [1.165, 1.54) is 34.2 Å². The minimum Gasteiger partial charge on any atom is -0.481 e.